The van der Waals surface area contributed by atoms with E-state index in [-0.39, 0.29) is 6.04 Å². The third-order valence-electron chi connectivity index (χ3n) is 2.96. The summed E-state index contributed by atoms with van der Waals surface area (Å²) in [7, 11) is 0. The molecule has 1 aromatic carbocycles. The lowest BCUT2D eigenvalue weighted by molar-refractivity contribution is 0.0635. The van der Waals surface area contributed by atoms with Crippen molar-refractivity contribution in [1.29, 1.82) is 0 Å². The Bertz CT molecular complexity index is 636. The lowest BCUT2D eigenvalue weighted by Gasteiger charge is -2.19. The van der Waals surface area contributed by atoms with Crippen LogP contribution in [0.1, 0.15) is 39.3 Å². The maximum absolute atomic E-state index is 11.7. The van der Waals surface area contributed by atoms with Gasteiger partial charge in [-0.3, -0.25) is 5.32 Å². The molecule has 0 saturated carbocycles. The number of ether oxygens (including phenoxy) is 1. The normalized spacial score (nSPS) is 12.3. The minimum atomic E-state index is -0.551. The van der Waals surface area contributed by atoms with Crippen molar-refractivity contribution < 1.29 is 9.53 Å². The zero-order valence-corrected chi connectivity index (χ0v) is 13.8. The summed E-state index contributed by atoms with van der Waals surface area (Å²) in [6.45, 7) is 7.45. The Kier molecular flexibility index (Phi) is 5.16. The fraction of sp³-hybridized carbons (Fsp3) is 0.353. The van der Waals surface area contributed by atoms with E-state index in [0.717, 1.165) is 5.56 Å². The molecule has 2 N–H and O–H groups in total. The summed E-state index contributed by atoms with van der Waals surface area (Å²) >= 11 is 0. The van der Waals surface area contributed by atoms with E-state index in [1.165, 1.54) is 0 Å². The molecular weight excluding hydrogens is 292 g/mol. The van der Waals surface area contributed by atoms with Crippen molar-refractivity contribution in [2.24, 2.45) is 0 Å². The second-order valence-corrected chi connectivity index (χ2v) is 6.21. The molecule has 0 saturated heterocycles. The third-order valence-corrected chi connectivity index (χ3v) is 2.96. The number of carbonyl (C=O) groups excluding carboxylic acids is 1. The molecule has 6 nitrogen and oxygen atoms in total. The van der Waals surface area contributed by atoms with Crippen LogP contribution in [0.15, 0.2) is 42.5 Å². The molecule has 122 valence electrons. The average molecular weight is 314 g/mol. The van der Waals surface area contributed by atoms with Gasteiger partial charge in [-0.05, 0) is 45.4 Å². The molecule has 1 amide bonds. The minimum absolute atomic E-state index is 0.107. The second kappa shape index (κ2) is 7.09. The van der Waals surface area contributed by atoms with E-state index in [1.807, 2.05) is 37.3 Å². The molecule has 0 aliphatic heterocycles. The molecule has 1 heterocycles. The summed E-state index contributed by atoms with van der Waals surface area (Å²) in [5, 5.41) is 13.8. The van der Waals surface area contributed by atoms with Crippen LogP contribution in [0.4, 0.5) is 16.4 Å². The van der Waals surface area contributed by atoms with Crippen molar-refractivity contribution in [2.45, 2.75) is 39.3 Å². The number of rotatable bonds is 4. The average Bonchev–Trinajstić information content (AvgIpc) is 2.48. The van der Waals surface area contributed by atoms with Gasteiger partial charge in [0.2, 0.25) is 0 Å². The van der Waals surface area contributed by atoms with Crippen LogP contribution in [0.3, 0.4) is 0 Å². The highest BCUT2D eigenvalue weighted by molar-refractivity contribution is 5.83. The molecule has 0 fully saturated rings. The Morgan fingerprint density at radius 2 is 1.65 bits per heavy atom. The number of aromatic nitrogens is 2. The molecule has 2 aromatic rings. The van der Waals surface area contributed by atoms with E-state index >= 15 is 0 Å². The van der Waals surface area contributed by atoms with Crippen molar-refractivity contribution >= 4 is 17.7 Å². The van der Waals surface area contributed by atoms with Gasteiger partial charge in [0.25, 0.3) is 0 Å². The van der Waals surface area contributed by atoms with Gasteiger partial charge in [-0.25, -0.2) is 4.79 Å². The third kappa shape index (κ3) is 5.58. The van der Waals surface area contributed by atoms with Crippen LogP contribution in [-0.4, -0.2) is 21.9 Å². The standard InChI is InChI=1S/C17H22N4O2/c1-12(13-8-6-5-7-9-13)18-14-10-11-15(21-20-14)19-16(22)23-17(2,3)4/h5-12H,1-4H3,(H,18,20)(H,19,21,22). The number of hydrogen-bond donors (Lipinski definition) is 2. The van der Waals surface area contributed by atoms with Crippen molar-refractivity contribution in [3.8, 4) is 0 Å². The molecule has 0 aliphatic rings. The monoisotopic (exact) mass is 314 g/mol. The van der Waals surface area contributed by atoms with Crippen LogP contribution < -0.4 is 10.6 Å². The molecule has 0 spiro atoms. The van der Waals surface area contributed by atoms with E-state index in [4.69, 9.17) is 4.74 Å². The molecule has 1 aromatic heterocycles. The van der Waals surface area contributed by atoms with Gasteiger partial charge >= 0.3 is 6.09 Å². The first kappa shape index (κ1) is 16.7. The molecule has 2 rings (SSSR count). The Hall–Kier alpha value is -2.63. The molecule has 0 radical (unpaired) electrons. The Morgan fingerprint density at radius 1 is 1.04 bits per heavy atom. The van der Waals surface area contributed by atoms with Crippen LogP contribution in [-0.2, 0) is 4.74 Å². The molecule has 6 heteroatoms. The first-order valence-corrected chi connectivity index (χ1v) is 7.49. The molecule has 0 aliphatic carbocycles. The fourth-order valence-electron chi connectivity index (χ4n) is 1.93. The molecule has 0 bridgehead atoms. The highest BCUT2D eigenvalue weighted by atomic mass is 16.6. The number of anilines is 2. The van der Waals surface area contributed by atoms with Gasteiger partial charge in [-0.15, -0.1) is 10.2 Å². The van der Waals surface area contributed by atoms with Gasteiger partial charge in [0.15, 0.2) is 5.82 Å². The first-order valence-electron chi connectivity index (χ1n) is 7.49. The predicted octanol–water partition coefficient (Wildman–Crippen LogP) is 4.00. The highest BCUT2D eigenvalue weighted by Gasteiger charge is 2.16. The van der Waals surface area contributed by atoms with Crippen LogP contribution in [0, 0.1) is 0 Å². The number of benzene rings is 1. The second-order valence-electron chi connectivity index (χ2n) is 6.21. The van der Waals surface area contributed by atoms with E-state index < -0.39 is 11.7 Å². The van der Waals surface area contributed by atoms with Gasteiger partial charge in [-0.1, -0.05) is 30.3 Å². The van der Waals surface area contributed by atoms with Crippen molar-refractivity contribution in [2.75, 3.05) is 10.6 Å². The zero-order chi connectivity index (χ0) is 16.9. The highest BCUT2D eigenvalue weighted by Crippen LogP contribution is 2.17. The minimum Gasteiger partial charge on any atom is -0.444 e. The summed E-state index contributed by atoms with van der Waals surface area (Å²) < 4.78 is 5.16. The van der Waals surface area contributed by atoms with Crippen LogP contribution >= 0.6 is 0 Å². The van der Waals surface area contributed by atoms with Gasteiger partial charge in [0.1, 0.15) is 11.4 Å². The number of carbonyl (C=O) groups is 1. The Labute approximate surface area is 136 Å². The molecule has 1 unspecified atom stereocenters. The van der Waals surface area contributed by atoms with Crippen LogP contribution in [0.5, 0.6) is 0 Å². The van der Waals surface area contributed by atoms with Gasteiger partial charge in [0.05, 0.1) is 0 Å². The summed E-state index contributed by atoms with van der Waals surface area (Å²) in [4.78, 5) is 11.7. The largest absolute Gasteiger partial charge is 0.444 e. The lowest BCUT2D eigenvalue weighted by Crippen LogP contribution is -2.27. The Morgan fingerprint density at radius 3 is 2.22 bits per heavy atom. The van der Waals surface area contributed by atoms with E-state index in [2.05, 4.69) is 20.8 Å². The quantitative estimate of drug-likeness (QED) is 0.892. The van der Waals surface area contributed by atoms with Gasteiger partial charge in [0, 0.05) is 6.04 Å². The number of nitrogens with one attached hydrogen (secondary N) is 2. The summed E-state index contributed by atoms with van der Waals surface area (Å²) in [6.07, 6.45) is -0.551. The van der Waals surface area contributed by atoms with Crippen molar-refractivity contribution in [3.63, 3.8) is 0 Å². The number of hydrogen-bond acceptors (Lipinski definition) is 5. The van der Waals surface area contributed by atoms with Crippen molar-refractivity contribution in [3.05, 3.63) is 48.0 Å². The topological polar surface area (TPSA) is 76.1 Å². The number of nitrogens with zero attached hydrogens (tertiary/aromatic N) is 2. The van der Waals surface area contributed by atoms with Crippen LogP contribution in [0.2, 0.25) is 0 Å². The molecule has 1 atom stereocenters. The van der Waals surface area contributed by atoms with E-state index in [0.29, 0.717) is 11.6 Å². The van der Waals surface area contributed by atoms with Gasteiger partial charge in [-0.2, -0.15) is 0 Å². The van der Waals surface area contributed by atoms with Crippen molar-refractivity contribution in [1.82, 2.24) is 10.2 Å². The van der Waals surface area contributed by atoms with E-state index in [9.17, 15) is 4.79 Å². The van der Waals surface area contributed by atoms with Crippen LogP contribution in [0.25, 0.3) is 0 Å². The summed E-state index contributed by atoms with van der Waals surface area (Å²) in [5.41, 5.74) is 0.606. The molecule has 23 heavy (non-hydrogen) atoms. The fourth-order valence-corrected chi connectivity index (χ4v) is 1.93. The number of amides is 1. The smallest absolute Gasteiger partial charge is 0.413 e. The Balaban J connectivity index is 1.93. The first-order chi connectivity index (χ1) is 10.8. The SMILES string of the molecule is CC(Nc1ccc(NC(=O)OC(C)(C)C)nn1)c1ccccc1. The maximum atomic E-state index is 11.7. The summed E-state index contributed by atoms with van der Waals surface area (Å²) in [5.74, 6) is 0.980. The lowest BCUT2D eigenvalue weighted by atomic mass is 10.1. The maximum Gasteiger partial charge on any atom is 0.413 e. The molecular formula is C17H22N4O2. The predicted molar refractivity (Wildman–Crippen MR) is 90.4 cm³/mol. The summed E-state index contributed by atoms with van der Waals surface area (Å²) in [6, 6.07) is 13.6. The zero-order valence-electron chi connectivity index (χ0n) is 13.8. The van der Waals surface area contributed by atoms with E-state index in [1.54, 1.807) is 32.9 Å². The van der Waals surface area contributed by atoms with Gasteiger partial charge < -0.3 is 10.1 Å².